The average molecular weight is 427 g/mol. The molecular formula is C17H12F3N3O5S. The van der Waals surface area contributed by atoms with Crippen LogP contribution in [0.15, 0.2) is 59.4 Å². The summed E-state index contributed by atoms with van der Waals surface area (Å²) >= 11 is 0. The van der Waals surface area contributed by atoms with Crippen LogP contribution in [-0.2, 0) is 21.4 Å². The molecule has 3 aromatic rings. The Morgan fingerprint density at radius 2 is 1.69 bits per heavy atom. The Bertz CT molecular complexity index is 1220. The minimum absolute atomic E-state index is 0.109. The molecule has 0 spiro atoms. The largest absolute Gasteiger partial charge is 0.516 e. The van der Waals surface area contributed by atoms with Crippen LogP contribution in [-0.4, -0.2) is 29.4 Å². The number of aromatic nitrogens is 2. The van der Waals surface area contributed by atoms with Gasteiger partial charge < -0.3 is 4.74 Å². The lowest BCUT2D eigenvalue weighted by atomic mass is 10.3. The van der Waals surface area contributed by atoms with Gasteiger partial charge in [-0.05, 0) is 24.3 Å². The Kier molecular flexibility index (Phi) is 5.29. The van der Waals surface area contributed by atoms with Gasteiger partial charge >= 0.3 is 21.1 Å². The van der Waals surface area contributed by atoms with E-state index in [0.29, 0.717) is 0 Å². The average Bonchev–Trinajstić information content (AvgIpc) is 2.64. The van der Waals surface area contributed by atoms with Crippen LogP contribution in [0.25, 0.3) is 11.0 Å². The topological polar surface area (TPSA) is 107 Å². The molecule has 0 aliphatic carbocycles. The van der Waals surface area contributed by atoms with Crippen LogP contribution < -0.4 is 15.0 Å². The normalized spacial score (nSPS) is 12.0. The molecule has 29 heavy (non-hydrogen) atoms. The maximum atomic E-state index is 12.7. The summed E-state index contributed by atoms with van der Waals surface area (Å²) < 4.78 is 66.8. The second-order valence-electron chi connectivity index (χ2n) is 5.69. The van der Waals surface area contributed by atoms with Gasteiger partial charge in [-0.2, -0.15) is 21.6 Å². The van der Waals surface area contributed by atoms with E-state index >= 15 is 0 Å². The first-order chi connectivity index (χ1) is 13.6. The van der Waals surface area contributed by atoms with Gasteiger partial charge in [0.25, 0.3) is 11.8 Å². The van der Waals surface area contributed by atoms with Crippen LogP contribution in [0.5, 0.6) is 11.6 Å². The molecule has 0 saturated heterocycles. The maximum Gasteiger partial charge on any atom is 0.516 e. The van der Waals surface area contributed by atoms with Crippen molar-refractivity contribution in [3.05, 3.63) is 65.0 Å². The molecule has 0 bridgehead atoms. The highest BCUT2D eigenvalue weighted by Crippen LogP contribution is 2.22. The first-order valence-electron chi connectivity index (χ1n) is 7.93. The molecule has 3 rings (SSSR count). The molecule has 0 atom stereocenters. The Labute approximate surface area is 161 Å². The van der Waals surface area contributed by atoms with Gasteiger partial charge in [0.2, 0.25) is 0 Å². The van der Waals surface area contributed by atoms with Crippen molar-refractivity contribution >= 4 is 27.0 Å². The van der Waals surface area contributed by atoms with E-state index in [1.807, 2.05) is 0 Å². The molecule has 1 heterocycles. The number of hydrogen-bond donors (Lipinski definition) is 1. The zero-order chi connectivity index (χ0) is 21.2. The molecule has 0 unspecified atom stereocenters. The van der Waals surface area contributed by atoms with E-state index in [1.165, 1.54) is 18.2 Å². The standard InChI is InChI=1S/C17H12F3N3O5S/c18-17(19,20)29(26,27)22-14(24)10-23-13-9-5-4-8-12(13)21-15(16(23)25)28-11-6-2-1-3-7-11/h1-9H,10H2,(H,22,24). The lowest BCUT2D eigenvalue weighted by Gasteiger charge is -2.13. The van der Waals surface area contributed by atoms with Gasteiger partial charge in [0.1, 0.15) is 12.3 Å². The number of benzene rings is 2. The van der Waals surface area contributed by atoms with Gasteiger partial charge in [0, 0.05) is 0 Å². The van der Waals surface area contributed by atoms with Crippen LogP contribution in [0, 0.1) is 0 Å². The fourth-order valence-corrected chi connectivity index (χ4v) is 2.86. The van der Waals surface area contributed by atoms with Gasteiger partial charge in [-0.25, -0.2) is 9.71 Å². The van der Waals surface area contributed by atoms with E-state index in [4.69, 9.17) is 4.74 Å². The second-order valence-corrected chi connectivity index (χ2v) is 7.36. The van der Waals surface area contributed by atoms with Crippen molar-refractivity contribution < 1.29 is 31.1 Å². The van der Waals surface area contributed by atoms with Gasteiger partial charge in [0.05, 0.1) is 11.0 Å². The smallest absolute Gasteiger partial charge is 0.435 e. The van der Waals surface area contributed by atoms with Gasteiger partial charge in [-0.15, -0.1) is 0 Å². The number of alkyl halides is 3. The van der Waals surface area contributed by atoms with Crippen LogP contribution in [0.3, 0.4) is 0 Å². The van der Waals surface area contributed by atoms with Crippen molar-refractivity contribution in [3.8, 4) is 11.6 Å². The number of carbonyl (C=O) groups excluding carboxylic acids is 1. The van der Waals surface area contributed by atoms with E-state index in [9.17, 15) is 31.2 Å². The number of carbonyl (C=O) groups is 1. The van der Waals surface area contributed by atoms with Gasteiger partial charge in [0.15, 0.2) is 0 Å². The summed E-state index contributed by atoms with van der Waals surface area (Å²) in [5, 5.41) is 0. The van der Waals surface area contributed by atoms with Crippen molar-refractivity contribution in [2.24, 2.45) is 0 Å². The Balaban J connectivity index is 2.01. The summed E-state index contributed by atoms with van der Waals surface area (Å²) in [5.41, 5.74) is -6.27. The Morgan fingerprint density at radius 1 is 1.07 bits per heavy atom. The zero-order valence-electron chi connectivity index (χ0n) is 14.4. The quantitative estimate of drug-likeness (QED) is 0.669. The Hall–Kier alpha value is -3.41. The monoisotopic (exact) mass is 427 g/mol. The first-order valence-corrected chi connectivity index (χ1v) is 9.41. The van der Waals surface area contributed by atoms with Crippen molar-refractivity contribution in [2.45, 2.75) is 12.1 Å². The third-order valence-corrected chi connectivity index (χ3v) is 4.74. The SMILES string of the molecule is O=C(Cn1c(=O)c(Oc2ccccc2)nc2ccccc21)NS(=O)(=O)C(F)(F)F. The lowest BCUT2D eigenvalue weighted by Crippen LogP contribution is -2.42. The number of nitrogens with one attached hydrogen (secondary N) is 1. The summed E-state index contributed by atoms with van der Waals surface area (Å²) in [6.45, 7) is -0.998. The number of sulfonamides is 1. The predicted octanol–water partition coefficient (Wildman–Crippen LogP) is 2.15. The van der Waals surface area contributed by atoms with E-state index < -0.39 is 39.4 Å². The number of rotatable bonds is 5. The highest BCUT2D eigenvalue weighted by atomic mass is 32.2. The molecule has 0 aliphatic heterocycles. The molecule has 0 fully saturated rings. The van der Waals surface area contributed by atoms with Crippen LogP contribution in [0.4, 0.5) is 13.2 Å². The number of ether oxygens (including phenoxy) is 1. The number of para-hydroxylation sites is 3. The number of fused-ring (bicyclic) bond motifs is 1. The summed E-state index contributed by atoms with van der Waals surface area (Å²) in [5.74, 6) is -1.71. The molecule has 0 aliphatic rings. The molecule has 1 N–H and O–H groups in total. The Morgan fingerprint density at radius 3 is 2.34 bits per heavy atom. The summed E-state index contributed by atoms with van der Waals surface area (Å²) in [4.78, 5) is 28.7. The van der Waals surface area contributed by atoms with E-state index in [2.05, 4.69) is 4.98 Å². The maximum absolute atomic E-state index is 12.7. The van der Waals surface area contributed by atoms with Crippen molar-refractivity contribution in [1.29, 1.82) is 0 Å². The number of nitrogens with zero attached hydrogens (tertiary/aromatic N) is 2. The van der Waals surface area contributed by atoms with Crippen LogP contribution in [0.1, 0.15) is 0 Å². The zero-order valence-corrected chi connectivity index (χ0v) is 15.2. The van der Waals surface area contributed by atoms with Crippen LogP contribution in [0.2, 0.25) is 0 Å². The number of amides is 1. The first kappa shape index (κ1) is 20.3. The van der Waals surface area contributed by atoms with Crippen molar-refractivity contribution in [2.75, 3.05) is 0 Å². The fraction of sp³-hybridized carbons (Fsp3) is 0.118. The van der Waals surface area contributed by atoms with Crippen LogP contribution >= 0.6 is 0 Å². The molecule has 0 saturated carbocycles. The second kappa shape index (κ2) is 7.54. The molecule has 12 heteroatoms. The third kappa shape index (κ3) is 4.37. The third-order valence-electron chi connectivity index (χ3n) is 3.63. The highest BCUT2D eigenvalue weighted by Gasteiger charge is 2.47. The van der Waals surface area contributed by atoms with Crippen molar-refractivity contribution in [3.63, 3.8) is 0 Å². The minimum Gasteiger partial charge on any atom is -0.435 e. The molecule has 0 radical (unpaired) electrons. The lowest BCUT2D eigenvalue weighted by molar-refractivity contribution is -0.120. The molecular weight excluding hydrogens is 415 g/mol. The molecule has 152 valence electrons. The van der Waals surface area contributed by atoms with E-state index in [1.54, 1.807) is 36.4 Å². The fourth-order valence-electron chi connectivity index (χ4n) is 2.38. The van der Waals surface area contributed by atoms with Crippen molar-refractivity contribution in [1.82, 2.24) is 14.3 Å². The van der Waals surface area contributed by atoms with Gasteiger partial charge in [-0.1, -0.05) is 30.3 Å². The minimum atomic E-state index is -5.90. The van der Waals surface area contributed by atoms with E-state index in [0.717, 1.165) is 9.29 Å². The van der Waals surface area contributed by atoms with Gasteiger partial charge in [-0.3, -0.25) is 14.2 Å². The summed E-state index contributed by atoms with van der Waals surface area (Å²) in [7, 11) is -5.90. The molecule has 1 amide bonds. The summed E-state index contributed by atoms with van der Waals surface area (Å²) in [6, 6.07) is 14.1. The molecule has 1 aromatic heterocycles. The molecule has 8 nitrogen and oxygen atoms in total. The number of halogens is 3. The van der Waals surface area contributed by atoms with E-state index in [-0.39, 0.29) is 16.8 Å². The predicted molar refractivity (Wildman–Crippen MR) is 95.6 cm³/mol. The number of hydrogen-bond acceptors (Lipinski definition) is 6. The highest BCUT2D eigenvalue weighted by molar-refractivity contribution is 7.90. The summed E-state index contributed by atoms with van der Waals surface area (Å²) in [6.07, 6.45) is 0. The molecule has 2 aromatic carbocycles.